The number of hydrogen-bond acceptors (Lipinski definition) is 2. The number of alkyl halides is 6. The number of rotatable bonds is 2. The minimum Gasteiger partial charge on any atom is -0.241 e. The number of fused-ring (bicyclic) bond motifs is 1. The highest BCUT2D eigenvalue weighted by Gasteiger charge is 2.38. The maximum absolute atomic E-state index is 12.9. The molecule has 0 bridgehead atoms. The van der Waals surface area contributed by atoms with Gasteiger partial charge in [0, 0.05) is 0 Å². The molecule has 0 spiro atoms. The van der Waals surface area contributed by atoms with Crippen LogP contribution in [0.2, 0.25) is 0 Å². The maximum atomic E-state index is 12.9. The van der Waals surface area contributed by atoms with E-state index in [1.165, 1.54) is 0 Å². The second-order valence-corrected chi connectivity index (χ2v) is 5.31. The summed E-state index contributed by atoms with van der Waals surface area (Å²) in [5, 5.41) is 0.410. The molecule has 1 heterocycles. The Labute approximate surface area is 114 Å². The van der Waals surface area contributed by atoms with Gasteiger partial charge in [-0.15, -0.1) is 11.3 Å². The van der Waals surface area contributed by atoms with Crippen LogP contribution in [-0.2, 0) is 18.8 Å². The normalized spacial score (nSPS) is 13.2. The van der Waals surface area contributed by atoms with Crippen molar-refractivity contribution in [2.24, 2.45) is 0 Å². The highest BCUT2D eigenvalue weighted by molar-refractivity contribution is 7.18. The number of aryl methyl sites for hydroxylation is 1. The van der Waals surface area contributed by atoms with Crippen LogP contribution in [0.15, 0.2) is 12.1 Å². The molecule has 0 radical (unpaired) electrons. The second-order valence-electron chi connectivity index (χ2n) is 4.23. The summed E-state index contributed by atoms with van der Waals surface area (Å²) in [5.74, 6) is 0. The molecule has 20 heavy (non-hydrogen) atoms. The van der Waals surface area contributed by atoms with Gasteiger partial charge < -0.3 is 0 Å². The monoisotopic (exact) mass is 313 g/mol. The molecule has 110 valence electrons. The Balaban J connectivity index is 2.72. The van der Waals surface area contributed by atoms with E-state index in [-0.39, 0.29) is 16.3 Å². The first-order valence-corrected chi connectivity index (χ1v) is 6.52. The summed E-state index contributed by atoms with van der Waals surface area (Å²) < 4.78 is 76.4. The Kier molecular flexibility index (Phi) is 3.70. The predicted octanol–water partition coefficient (Wildman–Crippen LogP) is 5.29. The molecule has 0 aliphatic heterocycles. The van der Waals surface area contributed by atoms with E-state index in [1.807, 2.05) is 6.92 Å². The largest absolute Gasteiger partial charge is 0.417 e. The summed E-state index contributed by atoms with van der Waals surface area (Å²) in [6, 6.07) is 0.816. The highest BCUT2D eigenvalue weighted by atomic mass is 32.1. The quantitative estimate of drug-likeness (QED) is 0.687. The minimum absolute atomic E-state index is 0.149. The summed E-state index contributed by atoms with van der Waals surface area (Å²) in [5.41, 5.74) is -2.85. The fourth-order valence-electron chi connectivity index (χ4n) is 1.77. The van der Waals surface area contributed by atoms with Gasteiger partial charge in [0.1, 0.15) is 0 Å². The lowest BCUT2D eigenvalue weighted by Gasteiger charge is -2.12. The lowest BCUT2D eigenvalue weighted by molar-refractivity contribution is -0.142. The molecular formula is C12H9F6NS. The molecule has 1 nitrogen and oxygen atoms in total. The molecule has 0 fully saturated rings. The van der Waals surface area contributed by atoms with E-state index in [0.717, 1.165) is 11.3 Å². The first-order chi connectivity index (χ1) is 9.13. The number of aromatic nitrogens is 1. The topological polar surface area (TPSA) is 12.9 Å². The van der Waals surface area contributed by atoms with Crippen molar-refractivity contribution in [3.05, 3.63) is 28.3 Å². The lowest BCUT2D eigenvalue weighted by atomic mass is 10.1. The van der Waals surface area contributed by atoms with Crippen LogP contribution < -0.4 is 0 Å². The average Bonchev–Trinajstić information content (AvgIpc) is 2.67. The first kappa shape index (κ1) is 15.1. The molecule has 0 amide bonds. The van der Waals surface area contributed by atoms with E-state index < -0.39 is 23.5 Å². The number of benzene rings is 1. The predicted molar refractivity (Wildman–Crippen MR) is 63.6 cm³/mol. The van der Waals surface area contributed by atoms with E-state index >= 15 is 0 Å². The van der Waals surface area contributed by atoms with Gasteiger partial charge in [-0.25, -0.2) is 4.98 Å². The van der Waals surface area contributed by atoms with Crippen molar-refractivity contribution in [1.29, 1.82) is 0 Å². The number of halogens is 6. The molecule has 0 N–H and O–H groups in total. The molecule has 0 unspecified atom stereocenters. The molecule has 0 saturated heterocycles. The van der Waals surface area contributed by atoms with Crippen LogP contribution in [0, 0.1) is 0 Å². The number of hydrogen-bond donors (Lipinski definition) is 0. The first-order valence-electron chi connectivity index (χ1n) is 5.70. The van der Waals surface area contributed by atoms with Crippen molar-refractivity contribution in [3.8, 4) is 0 Å². The number of thiazole rings is 1. The van der Waals surface area contributed by atoms with Crippen molar-refractivity contribution in [1.82, 2.24) is 4.98 Å². The van der Waals surface area contributed by atoms with E-state index in [2.05, 4.69) is 4.98 Å². The Morgan fingerprint density at radius 3 is 2.20 bits per heavy atom. The van der Waals surface area contributed by atoms with Crippen molar-refractivity contribution in [2.45, 2.75) is 32.1 Å². The van der Waals surface area contributed by atoms with E-state index in [0.29, 0.717) is 23.9 Å². The van der Waals surface area contributed by atoms with Crippen LogP contribution in [0.4, 0.5) is 26.3 Å². The molecule has 0 atom stereocenters. The fraction of sp³-hybridized carbons (Fsp3) is 0.417. The highest BCUT2D eigenvalue weighted by Crippen LogP contribution is 2.41. The van der Waals surface area contributed by atoms with Gasteiger partial charge >= 0.3 is 12.4 Å². The van der Waals surface area contributed by atoms with E-state index in [9.17, 15) is 26.3 Å². The van der Waals surface area contributed by atoms with Gasteiger partial charge in [0.25, 0.3) is 0 Å². The number of nitrogens with zero attached hydrogens (tertiary/aromatic N) is 1. The Hall–Kier alpha value is -1.31. The van der Waals surface area contributed by atoms with Crippen LogP contribution in [0.1, 0.15) is 29.5 Å². The zero-order valence-electron chi connectivity index (χ0n) is 10.2. The van der Waals surface area contributed by atoms with Gasteiger partial charge in [-0.1, -0.05) is 6.92 Å². The smallest absolute Gasteiger partial charge is 0.241 e. The summed E-state index contributed by atoms with van der Waals surface area (Å²) in [4.78, 5) is 3.87. The zero-order valence-corrected chi connectivity index (χ0v) is 11.0. The van der Waals surface area contributed by atoms with Gasteiger partial charge in [-0.2, -0.15) is 26.3 Å². The van der Waals surface area contributed by atoms with Crippen molar-refractivity contribution in [3.63, 3.8) is 0 Å². The maximum Gasteiger partial charge on any atom is 0.417 e. The molecule has 0 aliphatic rings. The summed E-state index contributed by atoms with van der Waals surface area (Å²) >= 11 is 0.796. The molecule has 8 heteroatoms. The van der Waals surface area contributed by atoms with Crippen molar-refractivity contribution in [2.75, 3.05) is 0 Å². The van der Waals surface area contributed by atoms with Gasteiger partial charge in [0.2, 0.25) is 0 Å². The zero-order chi connectivity index (χ0) is 15.1. The SMILES string of the molecule is CCCc1nc2cc(C(F)(F)F)cc(C(F)(F)F)c2s1. The van der Waals surface area contributed by atoms with E-state index in [4.69, 9.17) is 0 Å². The second kappa shape index (κ2) is 4.91. The third kappa shape index (κ3) is 2.89. The minimum atomic E-state index is -4.84. The van der Waals surface area contributed by atoms with Crippen LogP contribution in [0.5, 0.6) is 0 Å². The van der Waals surface area contributed by atoms with Gasteiger partial charge in [-0.05, 0) is 25.0 Å². The molecule has 1 aromatic carbocycles. The standard InChI is InChI=1S/C12H9F6NS/c1-2-3-9-19-8-5-6(11(13,14)15)4-7(10(8)20-9)12(16,17)18/h4-5H,2-3H2,1H3. The summed E-state index contributed by atoms with van der Waals surface area (Å²) in [7, 11) is 0. The molecule has 2 aromatic rings. The fourth-order valence-corrected chi connectivity index (χ4v) is 2.95. The molecule has 0 aliphatic carbocycles. The Morgan fingerprint density at radius 1 is 1.05 bits per heavy atom. The summed E-state index contributed by atoms with van der Waals surface area (Å²) in [6.07, 6.45) is -8.57. The molecule has 1 aromatic heterocycles. The van der Waals surface area contributed by atoms with Crippen LogP contribution >= 0.6 is 11.3 Å². The van der Waals surface area contributed by atoms with E-state index in [1.54, 1.807) is 0 Å². The molecule has 0 saturated carbocycles. The van der Waals surface area contributed by atoms with Crippen molar-refractivity contribution >= 4 is 21.6 Å². The van der Waals surface area contributed by atoms with Gasteiger partial charge in [-0.3, -0.25) is 0 Å². The molecule has 2 rings (SSSR count). The summed E-state index contributed by atoms with van der Waals surface area (Å²) in [6.45, 7) is 1.82. The third-order valence-corrected chi connectivity index (χ3v) is 3.80. The van der Waals surface area contributed by atoms with Crippen LogP contribution in [0.25, 0.3) is 10.2 Å². The molecular weight excluding hydrogens is 304 g/mol. The van der Waals surface area contributed by atoms with Gasteiger partial charge in [0.15, 0.2) is 0 Å². The van der Waals surface area contributed by atoms with Gasteiger partial charge in [0.05, 0.1) is 26.4 Å². The van der Waals surface area contributed by atoms with Crippen molar-refractivity contribution < 1.29 is 26.3 Å². The third-order valence-electron chi connectivity index (χ3n) is 2.63. The Morgan fingerprint density at radius 2 is 1.70 bits per heavy atom. The average molecular weight is 313 g/mol. The van der Waals surface area contributed by atoms with Crippen LogP contribution in [-0.4, -0.2) is 4.98 Å². The lowest BCUT2D eigenvalue weighted by Crippen LogP contribution is -2.10. The Bertz CT molecular complexity index is 625. The van der Waals surface area contributed by atoms with Crippen LogP contribution in [0.3, 0.4) is 0 Å².